The first-order chi connectivity index (χ1) is 8.91. The molecule has 10 heteroatoms. The van der Waals surface area contributed by atoms with Crippen LogP contribution in [0, 0.1) is 0 Å². The fourth-order valence-corrected chi connectivity index (χ4v) is 2.45. The lowest BCUT2D eigenvalue weighted by atomic mass is 10.2. The standard InChI is InChI=1S/C9H11N5O4S/c1-13-5(15)2-4(7(13)18)14-8(10)11-12-9(14)19-3-6(16)17/h4H,2-3H2,1H3,(H2,10,11)(H,16,17). The third-order valence-corrected chi connectivity index (χ3v) is 3.61. The molecule has 102 valence electrons. The number of rotatable bonds is 4. The van der Waals surface area contributed by atoms with Crippen LogP contribution in [-0.2, 0) is 14.4 Å². The van der Waals surface area contributed by atoms with Crippen LogP contribution in [0.15, 0.2) is 5.16 Å². The first kappa shape index (κ1) is 13.3. The fraction of sp³-hybridized carbons (Fsp3) is 0.444. The van der Waals surface area contributed by atoms with Gasteiger partial charge in [0, 0.05) is 7.05 Å². The number of aromatic nitrogens is 3. The summed E-state index contributed by atoms with van der Waals surface area (Å²) in [6.07, 6.45) is -0.0296. The lowest BCUT2D eigenvalue weighted by Gasteiger charge is -2.13. The van der Waals surface area contributed by atoms with E-state index in [1.807, 2.05) is 0 Å². The van der Waals surface area contributed by atoms with Gasteiger partial charge < -0.3 is 10.8 Å². The molecule has 0 spiro atoms. The van der Waals surface area contributed by atoms with Crippen LogP contribution >= 0.6 is 11.8 Å². The number of hydrogen-bond acceptors (Lipinski definition) is 7. The number of nitrogens with two attached hydrogens (primary N) is 1. The van der Waals surface area contributed by atoms with Gasteiger partial charge in [0.15, 0.2) is 5.16 Å². The van der Waals surface area contributed by atoms with Gasteiger partial charge in [-0.1, -0.05) is 11.8 Å². The van der Waals surface area contributed by atoms with Crippen LogP contribution in [0.25, 0.3) is 0 Å². The third kappa shape index (κ3) is 2.38. The highest BCUT2D eigenvalue weighted by molar-refractivity contribution is 7.99. The summed E-state index contributed by atoms with van der Waals surface area (Å²) < 4.78 is 1.30. The van der Waals surface area contributed by atoms with Crippen molar-refractivity contribution in [2.75, 3.05) is 18.5 Å². The minimum absolute atomic E-state index is 0.0191. The first-order valence-electron chi connectivity index (χ1n) is 5.27. The zero-order valence-electron chi connectivity index (χ0n) is 9.94. The molecule has 2 rings (SSSR count). The second-order valence-electron chi connectivity index (χ2n) is 3.90. The molecule has 2 heterocycles. The molecule has 3 N–H and O–H groups in total. The molecule has 0 bridgehead atoms. The highest BCUT2D eigenvalue weighted by Crippen LogP contribution is 2.30. The van der Waals surface area contributed by atoms with Crippen LogP contribution in [-0.4, -0.2) is 55.4 Å². The molecule has 1 fully saturated rings. The van der Waals surface area contributed by atoms with Crippen molar-refractivity contribution in [1.29, 1.82) is 0 Å². The molecule has 0 saturated carbocycles. The molecule has 1 saturated heterocycles. The number of aliphatic carboxylic acids is 1. The fourth-order valence-electron chi connectivity index (χ4n) is 1.74. The maximum atomic E-state index is 11.9. The summed E-state index contributed by atoms with van der Waals surface area (Å²) in [5, 5.41) is 16.2. The summed E-state index contributed by atoms with van der Waals surface area (Å²) in [7, 11) is 1.38. The zero-order valence-corrected chi connectivity index (χ0v) is 10.8. The molecule has 1 aromatic rings. The lowest BCUT2D eigenvalue weighted by Crippen LogP contribution is -2.27. The van der Waals surface area contributed by atoms with Crippen LogP contribution in [0.2, 0.25) is 0 Å². The summed E-state index contributed by atoms with van der Waals surface area (Å²) in [4.78, 5) is 34.9. The number of carbonyl (C=O) groups is 3. The van der Waals surface area contributed by atoms with Gasteiger partial charge in [-0.25, -0.2) is 0 Å². The minimum atomic E-state index is -1.02. The molecule has 9 nitrogen and oxygen atoms in total. The van der Waals surface area contributed by atoms with Crippen LogP contribution in [0.3, 0.4) is 0 Å². The predicted molar refractivity (Wildman–Crippen MR) is 64.2 cm³/mol. The van der Waals surface area contributed by atoms with Crippen molar-refractivity contribution >= 4 is 35.5 Å². The number of nitrogen functional groups attached to an aromatic ring is 1. The summed E-state index contributed by atoms with van der Waals surface area (Å²) in [6.45, 7) is 0. The van der Waals surface area contributed by atoms with Crippen molar-refractivity contribution < 1.29 is 19.5 Å². The molecule has 1 aliphatic rings. The average Bonchev–Trinajstić information content (AvgIpc) is 2.82. The Balaban J connectivity index is 2.29. The molecule has 1 unspecified atom stereocenters. The van der Waals surface area contributed by atoms with Gasteiger partial charge in [-0.2, -0.15) is 0 Å². The second-order valence-corrected chi connectivity index (χ2v) is 4.85. The Labute approximate surface area is 111 Å². The number of nitrogens with zero attached hydrogens (tertiary/aromatic N) is 4. The van der Waals surface area contributed by atoms with E-state index >= 15 is 0 Å². The van der Waals surface area contributed by atoms with Gasteiger partial charge in [0.2, 0.25) is 11.9 Å². The van der Waals surface area contributed by atoms with E-state index in [4.69, 9.17) is 10.8 Å². The van der Waals surface area contributed by atoms with E-state index in [1.165, 1.54) is 11.6 Å². The van der Waals surface area contributed by atoms with Gasteiger partial charge in [0.1, 0.15) is 6.04 Å². The lowest BCUT2D eigenvalue weighted by molar-refractivity contribution is -0.137. The number of anilines is 1. The van der Waals surface area contributed by atoms with E-state index in [1.54, 1.807) is 0 Å². The Morgan fingerprint density at radius 3 is 2.74 bits per heavy atom. The van der Waals surface area contributed by atoms with Crippen molar-refractivity contribution in [3.8, 4) is 0 Å². The quantitative estimate of drug-likeness (QED) is 0.530. The molecule has 0 aliphatic carbocycles. The van der Waals surface area contributed by atoms with Gasteiger partial charge in [0.25, 0.3) is 5.91 Å². The normalized spacial score (nSPS) is 19.2. The number of amides is 2. The summed E-state index contributed by atoms with van der Waals surface area (Å²) in [5.41, 5.74) is 5.63. The van der Waals surface area contributed by atoms with Gasteiger partial charge in [0.05, 0.1) is 12.2 Å². The smallest absolute Gasteiger partial charge is 0.313 e. The largest absolute Gasteiger partial charge is 0.481 e. The van der Waals surface area contributed by atoms with Gasteiger partial charge in [-0.05, 0) is 0 Å². The number of hydrogen-bond donors (Lipinski definition) is 2. The topological polar surface area (TPSA) is 131 Å². The average molecular weight is 285 g/mol. The Hall–Kier alpha value is -2.10. The van der Waals surface area contributed by atoms with Crippen LogP contribution in [0.5, 0.6) is 0 Å². The maximum Gasteiger partial charge on any atom is 0.313 e. The number of carbonyl (C=O) groups excluding carboxylic acids is 2. The molecule has 1 aliphatic heterocycles. The molecular weight excluding hydrogens is 274 g/mol. The molecule has 1 atom stereocenters. The molecule has 1 aromatic heterocycles. The van der Waals surface area contributed by atoms with E-state index < -0.39 is 17.9 Å². The Bertz CT molecular complexity index is 557. The molecule has 2 amide bonds. The molecule has 0 radical (unpaired) electrons. The predicted octanol–water partition coefficient (Wildman–Crippen LogP) is -1.03. The number of likely N-dealkylation sites (N-methyl/N-ethyl adjacent to an activating group) is 1. The van der Waals surface area contributed by atoms with E-state index in [9.17, 15) is 14.4 Å². The van der Waals surface area contributed by atoms with E-state index in [0.717, 1.165) is 16.7 Å². The van der Waals surface area contributed by atoms with Gasteiger partial charge >= 0.3 is 5.97 Å². The second kappa shape index (κ2) is 4.88. The third-order valence-electron chi connectivity index (χ3n) is 2.69. The number of likely N-dealkylation sites (tertiary alicyclic amines) is 1. The number of carboxylic acid groups (broad SMARTS) is 1. The number of carboxylic acids is 1. The monoisotopic (exact) mass is 285 g/mol. The first-order valence-corrected chi connectivity index (χ1v) is 6.25. The van der Waals surface area contributed by atoms with Crippen molar-refractivity contribution in [1.82, 2.24) is 19.7 Å². The number of thioether (sulfide) groups is 1. The van der Waals surface area contributed by atoms with Crippen LogP contribution in [0.1, 0.15) is 12.5 Å². The van der Waals surface area contributed by atoms with E-state index in [-0.39, 0.29) is 29.2 Å². The molecule has 19 heavy (non-hydrogen) atoms. The van der Waals surface area contributed by atoms with Crippen molar-refractivity contribution in [2.24, 2.45) is 0 Å². The van der Waals surface area contributed by atoms with E-state index in [0.29, 0.717) is 0 Å². The van der Waals surface area contributed by atoms with Crippen molar-refractivity contribution in [2.45, 2.75) is 17.6 Å². The summed E-state index contributed by atoms with van der Waals surface area (Å²) in [6, 6.07) is -0.802. The molecular formula is C9H11N5O4S. The molecule has 0 aromatic carbocycles. The summed E-state index contributed by atoms with van der Waals surface area (Å²) in [5.74, 6) is -2.01. The van der Waals surface area contributed by atoms with Gasteiger partial charge in [-0.15, -0.1) is 10.2 Å². The zero-order chi connectivity index (χ0) is 14.2. The maximum absolute atomic E-state index is 11.9. The van der Waals surface area contributed by atoms with E-state index in [2.05, 4.69) is 10.2 Å². The Kier molecular flexibility index (Phi) is 3.42. The highest BCUT2D eigenvalue weighted by Gasteiger charge is 2.39. The number of imide groups is 1. The van der Waals surface area contributed by atoms with Gasteiger partial charge in [-0.3, -0.25) is 23.9 Å². The van der Waals surface area contributed by atoms with Crippen LogP contribution in [0.4, 0.5) is 5.95 Å². The van der Waals surface area contributed by atoms with Crippen molar-refractivity contribution in [3.63, 3.8) is 0 Å². The highest BCUT2D eigenvalue weighted by atomic mass is 32.2. The Morgan fingerprint density at radius 2 is 2.21 bits per heavy atom. The van der Waals surface area contributed by atoms with Crippen molar-refractivity contribution in [3.05, 3.63) is 0 Å². The van der Waals surface area contributed by atoms with Crippen LogP contribution < -0.4 is 5.73 Å². The SMILES string of the molecule is CN1C(=O)CC(n2c(N)nnc2SCC(=O)O)C1=O. The minimum Gasteiger partial charge on any atom is -0.481 e. The Morgan fingerprint density at radius 1 is 1.53 bits per heavy atom. The summed E-state index contributed by atoms with van der Waals surface area (Å²) >= 11 is 0.895.